The smallest absolute Gasteiger partial charge is 0.409 e. The Kier molecular flexibility index (Phi) is 8.97. The summed E-state index contributed by atoms with van der Waals surface area (Å²) in [6, 6.07) is 3.49. The molecule has 2 unspecified atom stereocenters. The van der Waals surface area contributed by atoms with Crippen molar-refractivity contribution in [2.75, 3.05) is 46.0 Å². The van der Waals surface area contributed by atoms with Crippen LogP contribution in [0.3, 0.4) is 0 Å². The highest BCUT2D eigenvalue weighted by Crippen LogP contribution is 2.48. The van der Waals surface area contributed by atoms with Crippen molar-refractivity contribution in [3.8, 4) is 0 Å². The number of pyridine rings is 1. The molecular weight excluding hydrogens is 568 g/mol. The van der Waals surface area contributed by atoms with Gasteiger partial charge in [0.05, 0.1) is 42.6 Å². The van der Waals surface area contributed by atoms with Gasteiger partial charge in [-0.05, 0) is 49.0 Å². The van der Waals surface area contributed by atoms with E-state index in [-0.39, 0.29) is 36.5 Å². The molecule has 2 amide bonds. The van der Waals surface area contributed by atoms with Crippen LogP contribution in [-0.2, 0) is 21.3 Å². The van der Waals surface area contributed by atoms with Gasteiger partial charge in [0.2, 0.25) is 5.91 Å². The van der Waals surface area contributed by atoms with E-state index >= 15 is 0 Å². The van der Waals surface area contributed by atoms with Crippen LogP contribution < -0.4 is 5.32 Å². The van der Waals surface area contributed by atoms with Crippen LogP contribution in [0.5, 0.6) is 0 Å². The highest BCUT2D eigenvalue weighted by atomic mass is 35.5. The molecule has 1 N–H and O–H groups in total. The van der Waals surface area contributed by atoms with Crippen LogP contribution in [0.2, 0.25) is 0 Å². The summed E-state index contributed by atoms with van der Waals surface area (Å²) in [5, 5.41) is 3.88. The number of rotatable bonds is 9. The molecule has 4 atom stereocenters. The summed E-state index contributed by atoms with van der Waals surface area (Å²) in [4.78, 5) is 39.3. The summed E-state index contributed by atoms with van der Waals surface area (Å²) in [5.74, 6) is 0.182. The van der Waals surface area contributed by atoms with Gasteiger partial charge in [-0.2, -0.15) is 0 Å². The molecule has 2 aromatic rings. The lowest BCUT2D eigenvalue weighted by molar-refractivity contribution is -0.126. The number of carbonyl (C=O) groups excluding carboxylic acids is 2. The van der Waals surface area contributed by atoms with Gasteiger partial charge in [0.15, 0.2) is 0 Å². The Bertz CT molecular complexity index is 1420. The highest BCUT2D eigenvalue weighted by molar-refractivity contribution is 6.31. The van der Waals surface area contributed by atoms with Crippen LogP contribution in [0.15, 0.2) is 59.7 Å². The number of allylic oxidation sites excluding steroid dienone is 3. The second-order valence-electron chi connectivity index (χ2n) is 11.7. The number of nitrogens with zero attached hydrogens (tertiary/aromatic N) is 5. The molecule has 1 saturated carbocycles. The molecule has 0 spiro atoms. The summed E-state index contributed by atoms with van der Waals surface area (Å²) in [7, 11) is 1.93. The fraction of sp³-hybridized carbons (Fsp3) is 0.500. The van der Waals surface area contributed by atoms with Crippen molar-refractivity contribution in [1.82, 2.24) is 29.7 Å². The molecule has 2 aromatic heterocycles. The number of aryl methyl sites for hydroxylation is 1. The van der Waals surface area contributed by atoms with Crippen LogP contribution >= 0.6 is 11.6 Å². The van der Waals surface area contributed by atoms with E-state index in [2.05, 4.69) is 39.5 Å². The third-order valence-corrected chi connectivity index (χ3v) is 9.04. The van der Waals surface area contributed by atoms with Gasteiger partial charge < -0.3 is 24.3 Å². The van der Waals surface area contributed by atoms with Crippen LogP contribution in [0, 0.1) is 17.8 Å². The van der Waals surface area contributed by atoms with Gasteiger partial charge >= 0.3 is 6.09 Å². The van der Waals surface area contributed by atoms with E-state index in [1.54, 1.807) is 12.5 Å². The maximum atomic E-state index is 13.1. The van der Waals surface area contributed by atoms with E-state index in [9.17, 15) is 9.59 Å². The molecule has 10 nitrogen and oxygen atoms in total. The fourth-order valence-electron chi connectivity index (χ4n) is 6.35. The largest absolute Gasteiger partial charge is 0.449 e. The summed E-state index contributed by atoms with van der Waals surface area (Å²) in [5.41, 5.74) is 3.82. The summed E-state index contributed by atoms with van der Waals surface area (Å²) >= 11 is 6.68. The molecule has 0 bridgehead atoms. The number of fused-ring (bicyclic) bond motifs is 2. The third kappa shape index (κ3) is 6.56. The van der Waals surface area contributed by atoms with Crippen molar-refractivity contribution in [3.63, 3.8) is 0 Å². The molecule has 43 heavy (non-hydrogen) atoms. The van der Waals surface area contributed by atoms with Gasteiger partial charge in [-0.15, -0.1) is 0 Å². The van der Waals surface area contributed by atoms with Crippen LogP contribution in [0.4, 0.5) is 4.79 Å². The number of amides is 2. The van der Waals surface area contributed by atoms with E-state index in [0.29, 0.717) is 50.3 Å². The standard InChI is InChI=1S/C32H39ClN6O4/c1-3-42-19-28(40)36-30(27-17-34-20-37(27)2)26-15-22-5-4-10-35-29(22)31(24-9-8-23(33)16-25(24)26)38-11-13-39(14-12-38)32(41)43-18-21-6-7-21/h4-5,8-10,15-17,20-21,24-25,30-31H,3,6-7,11-14,18-19H2,1-2H3,(H,36,40)/t24?,25?,30-,31+/m1/s1. The first kappa shape index (κ1) is 29.6. The maximum absolute atomic E-state index is 13.1. The summed E-state index contributed by atoms with van der Waals surface area (Å²) in [6.45, 7) is 5.37. The molecule has 11 heteroatoms. The first-order valence-electron chi connectivity index (χ1n) is 15.1. The number of imidazole rings is 1. The predicted molar refractivity (Wildman–Crippen MR) is 163 cm³/mol. The average molecular weight is 607 g/mol. The number of hydrogen-bond acceptors (Lipinski definition) is 7. The number of ether oxygens (including phenoxy) is 2. The summed E-state index contributed by atoms with van der Waals surface area (Å²) < 4.78 is 12.9. The first-order chi connectivity index (χ1) is 20.9. The van der Waals surface area contributed by atoms with Crippen molar-refractivity contribution in [1.29, 1.82) is 0 Å². The number of aromatic nitrogens is 3. The van der Waals surface area contributed by atoms with Crippen molar-refractivity contribution in [3.05, 3.63) is 76.6 Å². The van der Waals surface area contributed by atoms with E-state index in [1.807, 2.05) is 41.8 Å². The van der Waals surface area contributed by atoms with Gasteiger partial charge in [-0.1, -0.05) is 35.9 Å². The Hall–Kier alpha value is -3.47. The van der Waals surface area contributed by atoms with Gasteiger partial charge in [0.1, 0.15) is 6.61 Å². The minimum absolute atomic E-state index is 0.0159. The normalized spacial score (nSPS) is 24.3. The molecule has 6 rings (SSSR count). The number of piperazine rings is 1. The van der Waals surface area contributed by atoms with Gasteiger partial charge in [-0.3, -0.25) is 14.7 Å². The van der Waals surface area contributed by atoms with E-state index in [0.717, 1.165) is 35.4 Å². The highest BCUT2D eigenvalue weighted by Gasteiger charge is 2.43. The number of halogens is 1. The average Bonchev–Trinajstić information content (AvgIpc) is 3.78. The topological polar surface area (TPSA) is 102 Å². The Labute approximate surface area is 257 Å². The number of hydrogen-bond donors (Lipinski definition) is 1. The lowest BCUT2D eigenvalue weighted by atomic mass is 9.75. The first-order valence-corrected chi connectivity index (χ1v) is 15.5. The zero-order chi connectivity index (χ0) is 29.9. The quantitative estimate of drug-likeness (QED) is 0.456. The van der Waals surface area contributed by atoms with Crippen molar-refractivity contribution in [2.24, 2.45) is 24.8 Å². The third-order valence-electron chi connectivity index (χ3n) is 8.79. The van der Waals surface area contributed by atoms with E-state index in [4.69, 9.17) is 26.1 Å². The minimum Gasteiger partial charge on any atom is -0.449 e. The Morgan fingerprint density at radius 2 is 2.02 bits per heavy atom. The lowest BCUT2D eigenvalue weighted by Gasteiger charge is -2.43. The predicted octanol–water partition coefficient (Wildman–Crippen LogP) is 4.24. The second kappa shape index (κ2) is 13.0. The fourth-order valence-corrected chi connectivity index (χ4v) is 6.56. The van der Waals surface area contributed by atoms with Crippen molar-refractivity contribution in [2.45, 2.75) is 31.8 Å². The lowest BCUT2D eigenvalue weighted by Crippen LogP contribution is -2.51. The Morgan fingerprint density at radius 1 is 1.21 bits per heavy atom. The molecule has 3 aliphatic carbocycles. The SMILES string of the molecule is CCOCC(=O)N[C@H](C1=Cc2cccnc2[C@@H](N2CCN(C(=O)OCC3CC3)CC2)C2C=CC(Cl)=CC12)c1cncn1C. The van der Waals surface area contributed by atoms with Crippen molar-refractivity contribution >= 4 is 29.7 Å². The Morgan fingerprint density at radius 3 is 2.74 bits per heavy atom. The molecule has 2 fully saturated rings. The molecule has 4 aliphatic rings. The van der Waals surface area contributed by atoms with Crippen LogP contribution in [0.25, 0.3) is 6.08 Å². The zero-order valence-electron chi connectivity index (χ0n) is 24.7. The number of carbonyl (C=O) groups is 2. The molecular formula is C32H39ClN6O4. The second-order valence-corrected chi connectivity index (χ2v) is 12.1. The van der Waals surface area contributed by atoms with E-state index in [1.165, 1.54) is 0 Å². The van der Waals surface area contributed by atoms with E-state index < -0.39 is 6.04 Å². The van der Waals surface area contributed by atoms with Gasteiger partial charge in [0.25, 0.3) is 0 Å². The monoisotopic (exact) mass is 606 g/mol. The van der Waals surface area contributed by atoms with Gasteiger partial charge in [0, 0.05) is 62.9 Å². The maximum Gasteiger partial charge on any atom is 0.409 e. The van der Waals surface area contributed by atoms with Crippen LogP contribution in [-0.4, -0.2) is 82.3 Å². The molecule has 3 heterocycles. The molecule has 228 valence electrons. The van der Waals surface area contributed by atoms with Crippen LogP contribution in [0.1, 0.15) is 48.8 Å². The van der Waals surface area contributed by atoms with Gasteiger partial charge in [-0.25, -0.2) is 9.78 Å². The molecule has 0 aromatic carbocycles. The summed E-state index contributed by atoms with van der Waals surface area (Å²) in [6.07, 6.45) is 15.8. The number of nitrogens with one attached hydrogen (secondary N) is 1. The molecule has 1 aliphatic heterocycles. The minimum atomic E-state index is -0.468. The Balaban J connectivity index is 1.33. The zero-order valence-corrected chi connectivity index (χ0v) is 25.4. The van der Waals surface area contributed by atoms with Crippen molar-refractivity contribution < 1.29 is 19.1 Å². The molecule has 0 radical (unpaired) electrons. The molecule has 1 saturated heterocycles.